The van der Waals surface area contributed by atoms with Gasteiger partial charge in [0.25, 0.3) is 0 Å². The van der Waals surface area contributed by atoms with E-state index in [2.05, 4.69) is 95.1 Å². The third-order valence-electron chi connectivity index (χ3n) is 5.26. The first-order chi connectivity index (χ1) is 12.9. The van der Waals surface area contributed by atoms with E-state index in [4.69, 9.17) is 0 Å². The van der Waals surface area contributed by atoms with Crippen molar-refractivity contribution in [1.82, 2.24) is 10.2 Å². The van der Waals surface area contributed by atoms with E-state index in [0.717, 1.165) is 32.6 Å². The third-order valence-corrected chi connectivity index (χ3v) is 5.26. The number of fused-ring (bicyclic) bond motifs is 1. The van der Waals surface area contributed by atoms with E-state index < -0.39 is 0 Å². The maximum absolute atomic E-state index is 3.69. The Bertz CT molecular complexity index is 814. The molecule has 0 aliphatic carbocycles. The van der Waals surface area contributed by atoms with Crippen molar-refractivity contribution in [3.05, 3.63) is 107 Å². The highest BCUT2D eigenvalue weighted by molar-refractivity contribution is 5.33. The van der Waals surface area contributed by atoms with Crippen LogP contribution in [0.1, 0.15) is 28.3 Å². The first-order valence-electron chi connectivity index (χ1n) is 9.50. The fourth-order valence-corrected chi connectivity index (χ4v) is 3.90. The van der Waals surface area contributed by atoms with Crippen LogP contribution < -0.4 is 5.32 Å². The molecule has 1 unspecified atom stereocenters. The highest BCUT2D eigenvalue weighted by Gasteiger charge is 2.26. The lowest BCUT2D eigenvalue weighted by atomic mass is 9.92. The van der Waals surface area contributed by atoms with Crippen molar-refractivity contribution < 1.29 is 0 Å². The Morgan fingerprint density at radius 2 is 1.42 bits per heavy atom. The zero-order valence-electron chi connectivity index (χ0n) is 15.1. The molecule has 0 amide bonds. The standard InChI is InChI=1S/C24H26N2/c1-3-9-20(10-4-1)17-25-18-24-23-14-8-7-13-22(23)15-16-26(24)19-21-11-5-2-6-12-21/h1-14,24-25H,15-19H2. The van der Waals surface area contributed by atoms with Gasteiger partial charge in [0.1, 0.15) is 0 Å². The molecule has 0 spiro atoms. The Morgan fingerprint density at radius 1 is 0.769 bits per heavy atom. The lowest BCUT2D eigenvalue weighted by Gasteiger charge is -2.37. The molecule has 2 heteroatoms. The molecule has 3 aromatic carbocycles. The Kier molecular flexibility index (Phi) is 5.44. The van der Waals surface area contributed by atoms with Gasteiger partial charge in [0.2, 0.25) is 0 Å². The van der Waals surface area contributed by atoms with Crippen LogP contribution in [0.2, 0.25) is 0 Å². The molecule has 1 aliphatic rings. The van der Waals surface area contributed by atoms with Crippen LogP contribution >= 0.6 is 0 Å². The predicted octanol–water partition coefficient (Wildman–Crippen LogP) is 4.58. The summed E-state index contributed by atoms with van der Waals surface area (Å²) in [4.78, 5) is 2.62. The molecular weight excluding hydrogens is 316 g/mol. The van der Waals surface area contributed by atoms with Gasteiger partial charge in [0.15, 0.2) is 0 Å². The molecule has 1 N–H and O–H groups in total. The minimum Gasteiger partial charge on any atom is -0.311 e. The summed E-state index contributed by atoms with van der Waals surface area (Å²) in [5, 5.41) is 3.69. The number of benzene rings is 3. The van der Waals surface area contributed by atoms with Gasteiger partial charge < -0.3 is 5.32 Å². The Labute approximate surface area is 156 Å². The van der Waals surface area contributed by atoms with Crippen molar-refractivity contribution in [1.29, 1.82) is 0 Å². The van der Waals surface area contributed by atoms with Crippen LogP contribution in [0.5, 0.6) is 0 Å². The molecule has 0 aromatic heterocycles. The molecule has 1 aliphatic heterocycles. The quantitative estimate of drug-likeness (QED) is 0.705. The van der Waals surface area contributed by atoms with Gasteiger partial charge in [-0.15, -0.1) is 0 Å². The normalized spacial score (nSPS) is 17.0. The smallest absolute Gasteiger partial charge is 0.0479 e. The van der Waals surface area contributed by atoms with E-state index in [1.54, 1.807) is 0 Å². The first-order valence-corrected chi connectivity index (χ1v) is 9.50. The topological polar surface area (TPSA) is 15.3 Å². The van der Waals surface area contributed by atoms with E-state index in [-0.39, 0.29) is 0 Å². The van der Waals surface area contributed by atoms with E-state index in [1.165, 1.54) is 22.3 Å². The van der Waals surface area contributed by atoms with Crippen LogP contribution in [0.15, 0.2) is 84.9 Å². The summed E-state index contributed by atoms with van der Waals surface area (Å²) in [6, 6.07) is 30.8. The van der Waals surface area contributed by atoms with Crippen molar-refractivity contribution >= 4 is 0 Å². The molecule has 132 valence electrons. The van der Waals surface area contributed by atoms with Gasteiger partial charge in [-0.3, -0.25) is 4.90 Å². The van der Waals surface area contributed by atoms with Crippen molar-refractivity contribution in [2.24, 2.45) is 0 Å². The van der Waals surface area contributed by atoms with Crippen LogP contribution in [-0.4, -0.2) is 18.0 Å². The number of hydrogen-bond acceptors (Lipinski definition) is 2. The molecule has 26 heavy (non-hydrogen) atoms. The highest BCUT2D eigenvalue weighted by Crippen LogP contribution is 2.30. The maximum atomic E-state index is 3.69. The van der Waals surface area contributed by atoms with Crippen LogP contribution in [-0.2, 0) is 19.5 Å². The van der Waals surface area contributed by atoms with Gasteiger partial charge in [-0.05, 0) is 28.7 Å². The van der Waals surface area contributed by atoms with Gasteiger partial charge >= 0.3 is 0 Å². The molecule has 0 bridgehead atoms. The zero-order chi connectivity index (χ0) is 17.6. The average molecular weight is 342 g/mol. The summed E-state index contributed by atoms with van der Waals surface area (Å²) in [6.07, 6.45) is 1.14. The summed E-state index contributed by atoms with van der Waals surface area (Å²) >= 11 is 0. The van der Waals surface area contributed by atoms with E-state index in [0.29, 0.717) is 6.04 Å². The summed E-state index contributed by atoms with van der Waals surface area (Å²) in [5.74, 6) is 0. The number of rotatable bonds is 6. The fourth-order valence-electron chi connectivity index (χ4n) is 3.90. The minimum absolute atomic E-state index is 0.420. The van der Waals surface area contributed by atoms with Crippen molar-refractivity contribution in [3.8, 4) is 0 Å². The zero-order valence-corrected chi connectivity index (χ0v) is 15.1. The Morgan fingerprint density at radius 3 is 2.19 bits per heavy atom. The SMILES string of the molecule is c1ccc(CNCC2c3ccccc3CCN2Cc2ccccc2)cc1. The molecule has 0 radical (unpaired) electrons. The molecule has 0 saturated carbocycles. The molecular formula is C24H26N2. The first kappa shape index (κ1) is 17.0. The monoisotopic (exact) mass is 342 g/mol. The molecule has 4 rings (SSSR count). The fraction of sp³-hybridized carbons (Fsp3) is 0.250. The summed E-state index contributed by atoms with van der Waals surface area (Å²) < 4.78 is 0. The number of hydrogen-bond donors (Lipinski definition) is 1. The van der Waals surface area contributed by atoms with Gasteiger partial charge in [-0.1, -0.05) is 84.9 Å². The summed E-state index contributed by atoms with van der Waals surface area (Å²) in [6.45, 7) is 4.01. The van der Waals surface area contributed by atoms with Crippen molar-refractivity contribution in [2.75, 3.05) is 13.1 Å². The Hall–Kier alpha value is -2.42. The van der Waals surface area contributed by atoms with Crippen LogP contribution in [0.4, 0.5) is 0 Å². The van der Waals surface area contributed by atoms with Crippen LogP contribution in [0, 0.1) is 0 Å². The van der Waals surface area contributed by atoms with E-state index in [9.17, 15) is 0 Å². The van der Waals surface area contributed by atoms with E-state index in [1.807, 2.05) is 0 Å². The van der Waals surface area contributed by atoms with Gasteiger partial charge in [0.05, 0.1) is 0 Å². The summed E-state index contributed by atoms with van der Waals surface area (Å²) in [7, 11) is 0. The number of nitrogens with one attached hydrogen (secondary N) is 1. The second-order valence-corrected chi connectivity index (χ2v) is 7.04. The van der Waals surface area contributed by atoms with Gasteiger partial charge in [0, 0.05) is 32.2 Å². The number of nitrogens with zero attached hydrogens (tertiary/aromatic N) is 1. The minimum atomic E-state index is 0.420. The highest BCUT2D eigenvalue weighted by atomic mass is 15.2. The molecule has 2 nitrogen and oxygen atoms in total. The van der Waals surface area contributed by atoms with Crippen molar-refractivity contribution in [2.45, 2.75) is 25.6 Å². The second-order valence-electron chi connectivity index (χ2n) is 7.04. The second kappa shape index (κ2) is 8.31. The van der Waals surface area contributed by atoms with Crippen molar-refractivity contribution in [3.63, 3.8) is 0 Å². The van der Waals surface area contributed by atoms with E-state index >= 15 is 0 Å². The molecule has 3 aromatic rings. The average Bonchev–Trinajstić information content (AvgIpc) is 2.71. The molecule has 1 atom stereocenters. The molecule has 1 heterocycles. The maximum Gasteiger partial charge on any atom is 0.0479 e. The predicted molar refractivity (Wildman–Crippen MR) is 108 cm³/mol. The third kappa shape index (κ3) is 4.04. The molecule has 0 saturated heterocycles. The van der Waals surface area contributed by atoms with Crippen LogP contribution in [0.3, 0.4) is 0 Å². The van der Waals surface area contributed by atoms with Crippen LogP contribution in [0.25, 0.3) is 0 Å². The van der Waals surface area contributed by atoms with Gasteiger partial charge in [-0.25, -0.2) is 0 Å². The Balaban J connectivity index is 1.50. The van der Waals surface area contributed by atoms with Gasteiger partial charge in [-0.2, -0.15) is 0 Å². The lowest BCUT2D eigenvalue weighted by molar-refractivity contribution is 0.172. The largest absolute Gasteiger partial charge is 0.311 e. The summed E-state index contributed by atoms with van der Waals surface area (Å²) in [5.41, 5.74) is 5.71. The lowest BCUT2D eigenvalue weighted by Crippen LogP contribution is -2.40. The molecule has 0 fully saturated rings.